The second-order valence-corrected chi connectivity index (χ2v) is 6.84. The molecule has 136 valence electrons. The Balaban J connectivity index is 1.90. The summed E-state index contributed by atoms with van der Waals surface area (Å²) in [4.78, 5) is 17.9. The van der Waals surface area contributed by atoms with E-state index in [0.29, 0.717) is 16.6 Å². The van der Waals surface area contributed by atoms with E-state index in [9.17, 15) is 17.6 Å². The van der Waals surface area contributed by atoms with Crippen molar-refractivity contribution in [3.8, 4) is 5.75 Å². The normalized spacial score (nSPS) is 11.3. The van der Waals surface area contributed by atoms with Gasteiger partial charge in [-0.1, -0.05) is 6.07 Å². The standard InChI is InChI=1S/C16H14FN3O5S/c1-9-3-4-10(17)7-14(9)26(22,23)25-11-5-6-12-13(8-11)19-15(18-12)20-16(21)24-2/h3-8H,1-2H3,(H2,18,19,20,21). The summed E-state index contributed by atoms with van der Waals surface area (Å²) in [7, 11) is -3.01. The van der Waals surface area contributed by atoms with E-state index in [1.165, 1.54) is 44.4 Å². The first-order valence-corrected chi connectivity index (χ1v) is 8.75. The molecule has 1 heterocycles. The number of nitrogens with zero attached hydrogens (tertiary/aromatic N) is 1. The molecule has 0 saturated carbocycles. The van der Waals surface area contributed by atoms with E-state index < -0.39 is 22.0 Å². The van der Waals surface area contributed by atoms with Crippen LogP contribution in [0.2, 0.25) is 0 Å². The lowest BCUT2D eigenvalue weighted by atomic mass is 10.2. The van der Waals surface area contributed by atoms with Crippen molar-refractivity contribution in [1.82, 2.24) is 9.97 Å². The average Bonchev–Trinajstić information content (AvgIpc) is 2.97. The van der Waals surface area contributed by atoms with Gasteiger partial charge in [0.2, 0.25) is 5.95 Å². The number of benzene rings is 2. The minimum Gasteiger partial charge on any atom is -0.453 e. The molecule has 0 aliphatic rings. The number of ether oxygens (including phenoxy) is 1. The van der Waals surface area contributed by atoms with Gasteiger partial charge in [-0.3, -0.25) is 5.32 Å². The highest BCUT2D eigenvalue weighted by Gasteiger charge is 2.20. The number of imidazole rings is 1. The maximum Gasteiger partial charge on any atom is 0.413 e. The van der Waals surface area contributed by atoms with Gasteiger partial charge in [-0.25, -0.2) is 14.2 Å². The summed E-state index contributed by atoms with van der Waals surface area (Å²) >= 11 is 0. The maximum absolute atomic E-state index is 13.4. The van der Waals surface area contributed by atoms with Gasteiger partial charge in [-0.05, 0) is 36.8 Å². The lowest BCUT2D eigenvalue weighted by molar-refractivity contribution is 0.186. The lowest BCUT2D eigenvalue weighted by Crippen LogP contribution is -2.11. The molecule has 0 fully saturated rings. The summed E-state index contributed by atoms with van der Waals surface area (Å²) in [6.07, 6.45) is -0.704. The predicted molar refractivity (Wildman–Crippen MR) is 91.1 cm³/mol. The van der Waals surface area contributed by atoms with Crippen molar-refractivity contribution in [1.29, 1.82) is 0 Å². The van der Waals surface area contributed by atoms with Crippen molar-refractivity contribution < 1.29 is 26.5 Å². The van der Waals surface area contributed by atoms with Crippen molar-refractivity contribution in [2.75, 3.05) is 12.4 Å². The van der Waals surface area contributed by atoms with Crippen LogP contribution in [0.3, 0.4) is 0 Å². The number of aromatic amines is 1. The molecular formula is C16H14FN3O5S. The number of aryl methyl sites for hydroxylation is 1. The molecule has 3 rings (SSSR count). The quantitative estimate of drug-likeness (QED) is 0.675. The smallest absolute Gasteiger partial charge is 0.413 e. The van der Waals surface area contributed by atoms with Crippen LogP contribution in [0.15, 0.2) is 41.3 Å². The zero-order chi connectivity index (χ0) is 18.9. The molecule has 2 N–H and O–H groups in total. The highest BCUT2D eigenvalue weighted by molar-refractivity contribution is 7.87. The minimum atomic E-state index is -4.22. The van der Waals surface area contributed by atoms with Crippen molar-refractivity contribution in [2.45, 2.75) is 11.8 Å². The topological polar surface area (TPSA) is 110 Å². The van der Waals surface area contributed by atoms with E-state index in [4.69, 9.17) is 4.18 Å². The summed E-state index contributed by atoms with van der Waals surface area (Å²) in [5.74, 6) is -0.552. The molecule has 0 unspecified atom stereocenters. The largest absolute Gasteiger partial charge is 0.453 e. The highest BCUT2D eigenvalue weighted by atomic mass is 32.2. The van der Waals surface area contributed by atoms with Gasteiger partial charge >= 0.3 is 16.2 Å². The number of amides is 1. The number of hydrogen-bond donors (Lipinski definition) is 2. The molecule has 0 spiro atoms. The van der Waals surface area contributed by atoms with E-state index in [-0.39, 0.29) is 16.6 Å². The number of halogens is 1. The molecule has 0 atom stereocenters. The third kappa shape index (κ3) is 3.59. The molecule has 26 heavy (non-hydrogen) atoms. The van der Waals surface area contributed by atoms with Crippen LogP contribution < -0.4 is 9.50 Å². The molecule has 1 aromatic heterocycles. The summed E-state index contributed by atoms with van der Waals surface area (Å²) in [6.45, 7) is 1.54. The fourth-order valence-corrected chi connectivity index (χ4v) is 3.43. The van der Waals surface area contributed by atoms with Gasteiger partial charge in [-0.2, -0.15) is 8.42 Å². The molecule has 0 aliphatic carbocycles. The van der Waals surface area contributed by atoms with Gasteiger partial charge in [0.15, 0.2) is 0 Å². The SMILES string of the molecule is COC(=O)Nc1nc2cc(OS(=O)(=O)c3cc(F)ccc3C)ccc2[nH]1. The first-order valence-electron chi connectivity index (χ1n) is 7.34. The van der Waals surface area contributed by atoms with Crippen molar-refractivity contribution in [2.24, 2.45) is 0 Å². The van der Waals surface area contributed by atoms with Crippen LogP contribution in [0, 0.1) is 12.7 Å². The molecule has 0 aliphatic heterocycles. The number of H-pyrrole nitrogens is 1. The van der Waals surface area contributed by atoms with Gasteiger partial charge in [0.25, 0.3) is 0 Å². The number of fused-ring (bicyclic) bond motifs is 1. The molecule has 10 heteroatoms. The molecule has 1 amide bonds. The fourth-order valence-electron chi connectivity index (χ4n) is 2.26. The van der Waals surface area contributed by atoms with Gasteiger partial charge in [0.05, 0.1) is 18.1 Å². The Morgan fingerprint density at radius 2 is 2.00 bits per heavy atom. The van der Waals surface area contributed by atoms with Gasteiger partial charge in [0, 0.05) is 6.07 Å². The number of carbonyl (C=O) groups is 1. The molecule has 0 saturated heterocycles. The van der Waals surface area contributed by atoms with Crippen LogP contribution in [0.4, 0.5) is 15.1 Å². The molecule has 8 nitrogen and oxygen atoms in total. The first-order chi connectivity index (χ1) is 12.3. The molecule has 0 bridgehead atoms. The average molecular weight is 379 g/mol. The molecule has 0 radical (unpaired) electrons. The zero-order valence-electron chi connectivity index (χ0n) is 13.7. The number of nitrogens with one attached hydrogen (secondary N) is 2. The number of carbonyl (C=O) groups excluding carboxylic acids is 1. The summed E-state index contributed by atoms with van der Waals surface area (Å²) < 4.78 is 47.7. The highest BCUT2D eigenvalue weighted by Crippen LogP contribution is 2.25. The lowest BCUT2D eigenvalue weighted by Gasteiger charge is -2.09. The van der Waals surface area contributed by atoms with Crippen LogP contribution in [0.1, 0.15) is 5.56 Å². The Labute approximate surface area is 148 Å². The van der Waals surface area contributed by atoms with Crippen LogP contribution >= 0.6 is 0 Å². The number of aromatic nitrogens is 2. The Kier molecular flexibility index (Phi) is 4.51. The summed E-state index contributed by atoms with van der Waals surface area (Å²) in [5.41, 5.74) is 1.26. The second kappa shape index (κ2) is 6.64. The van der Waals surface area contributed by atoms with Crippen LogP contribution in [0.25, 0.3) is 11.0 Å². The Hall–Kier alpha value is -3.14. The van der Waals surface area contributed by atoms with E-state index in [1.807, 2.05) is 0 Å². The minimum absolute atomic E-state index is 0.00252. The van der Waals surface area contributed by atoms with Crippen molar-refractivity contribution >= 4 is 33.2 Å². The monoisotopic (exact) mass is 379 g/mol. The van der Waals surface area contributed by atoms with Gasteiger partial charge < -0.3 is 13.9 Å². The second-order valence-electron chi connectivity index (χ2n) is 5.33. The Morgan fingerprint density at radius 1 is 1.23 bits per heavy atom. The molecule has 3 aromatic rings. The Morgan fingerprint density at radius 3 is 2.73 bits per heavy atom. The third-order valence-corrected chi connectivity index (χ3v) is 4.88. The number of hydrogen-bond acceptors (Lipinski definition) is 6. The van der Waals surface area contributed by atoms with E-state index in [0.717, 1.165) is 6.07 Å². The van der Waals surface area contributed by atoms with Crippen LogP contribution in [-0.4, -0.2) is 31.6 Å². The number of rotatable bonds is 4. The molecular weight excluding hydrogens is 365 g/mol. The predicted octanol–water partition coefficient (Wildman–Crippen LogP) is 2.96. The van der Waals surface area contributed by atoms with Crippen molar-refractivity contribution in [3.05, 3.63) is 47.8 Å². The summed E-state index contributed by atoms with van der Waals surface area (Å²) in [6, 6.07) is 7.74. The van der Waals surface area contributed by atoms with Crippen LogP contribution in [0.5, 0.6) is 5.75 Å². The zero-order valence-corrected chi connectivity index (χ0v) is 14.6. The van der Waals surface area contributed by atoms with Crippen LogP contribution in [-0.2, 0) is 14.9 Å². The van der Waals surface area contributed by atoms with E-state index in [2.05, 4.69) is 20.0 Å². The van der Waals surface area contributed by atoms with Gasteiger partial charge in [-0.15, -0.1) is 0 Å². The number of methoxy groups -OCH3 is 1. The van der Waals surface area contributed by atoms with E-state index >= 15 is 0 Å². The van der Waals surface area contributed by atoms with Gasteiger partial charge in [0.1, 0.15) is 16.5 Å². The maximum atomic E-state index is 13.4. The first kappa shape index (κ1) is 17.7. The Bertz CT molecular complexity index is 1090. The number of anilines is 1. The third-order valence-electron chi connectivity index (χ3n) is 3.49. The molecule has 2 aromatic carbocycles. The van der Waals surface area contributed by atoms with E-state index in [1.54, 1.807) is 0 Å². The summed E-state index contributed by atoms with van der Waals surface area (Å²) in [5, 5.41) is 2.36. The fraction of sp³-hybridized carbons (Fsp3) is 0.125. The van der Waals surface area contributed by atoms with Crippen molar-refractivity contribution in [3.63, 3.8) is 0 Å².